The molecule has 0 aliphatic rings. The lowest BCUT2D eigenvalue weighted by molar-refractivity contribution is 0.616. The van der Waals surface area contributed by atoms with Crippen molar-refractivity contribution in [1.82, 2.24) is 19.9 Å². The summed E-state index contributed by atoms with van der Waals surface area (Å²) in [5.74, 6) is 0.737. The lowest BCUT2D eigenvalue weighted by atomic mass is 10.2. The van der Waals surface area contributed by atoms with E-state index in [9.17, 15) is 4.39 Å². The average molecular weight is 296 g/mol. The second-order valence-corrected chi connectivity index (χ2v) is 5.06. The molecule has 0 radical (unpaired) electrons. The third kappa shape index (κ3) is 3.77. The van der Waals surface area contributed by atoms with Gasteiger partial charge in [-0.15, -0.1) is 0 Å². The zero-order valence-corrected chi connectivity index (χ0v) is 12.1. The van der Waals surface area contributed by atoms with Gasteiger partial charge in [-0.05, 0) is 29.3 Å². The van der Waals surface area contributed by atoms with Gasteiger partial charge in [0.05, 0.1) is 6.54 Å². The molecule has 3 rings (SSSR count). The van der Waals surface area contributed by atoms with Crippen LogP contribution in [0.15, 0.2) is 61.2 Å². The Morgan fingerprint density at radius 2 is 1.86 bits per heavy atom. The second kappa shape index (κ2) is 6.95. The van der Waals surface area contributed by atoms with Gasteiger partial charge in [-0.1, -0.05) is 18.2 Å². The first-order valence-electron chi connectivity index (χ1n) is 7.15. The maximum atomic E-state index is 12.9. The van der Waals surface area contributed by atoms with Gasteiger partial charge in [-0.25, -0.2) is 9.37 Å². The average Bonchev–Trinajstić information content (AvgIpc) is 2.98. The van der Waals surface area contributed by atoms with E-state index in [4.69, 9.17) is 0 Å². The highest BCUT2D eigenvalue weighted by atomic mass is 19.1. The highest BCUT2D eigenvalue weighted by Gasteiger charge is 2.04. The zero-order valence-electron chi connectivity index (χ0n) is 12.1. The van der Waals surface area contributed by atoms with Gasteiger partial charge in [0.25, 0.3) is 0 Å². The number of benzene rings is 1. The Balaban J connectivity index is 1.59. The van der Waals surface area contributed by atoms with Crippen molar-refractivity contribution in [2.45, 2.75) is 19.6 Å². The molecule has 3 aromatic rings. The van der Waals surface area contributed by atoms with Crippen molar-refractivity contribution in [1.29, 1.82) is 0 Å². The molecule has 0 spiro atoms. The van der Waals surface area contributed by atoms with Gasteiger partial charge < -0.3 is 9.88 Å². The highest BCUT2D eigenvalue weighted by molar-refractivity contribution is 5.17. The number of rotatable bonds is 6. The molecule has 0 bridgehead atoms. The van der Waals surface area contributed by atoms with Crippen LogP contribution in [-0.2, 0) is 19.6 Å². The van der Waals surface area contributed by atoms with Crippen LogP contribution in [-0.4, -0.2) is 14.5 Å². The largest absolute Gasteiger partial charge is 0.329 e. The highest BCUT2D eigenvalue weighted by Crippen LogP contribution is 2.07. The predicted octanol–water partition coefficient (Wildman–Crippen LogP) is 2.76. The Kier molecular flexibility index (Phi) is 4.56. The maximum absolute atomic E-state index is 12.9. The topological polar surface area (TPSA) is 42.7 Å². The summed E-state index contributed by atoms with van der Waals surface area (Å²) in [5, 5.41) is 3.36. The minimum atomic E-state index is -0.215. The van der Waals surface area contributed by atoms with E-state index in [0.717, 1.165) is 23.5 Å². The van der Waals surface area contributed by atoms with Crippen molar-refractivity contribution >= 4 is 0 Å². The van der Waals surface area contributed by atoms with E-state index < -0.39 is 0 Å². The van der Waals surface area contributed by atoms with Gasteiger partial charge >= 0.3 is 0 Å². The minimum absolute atomic E-state index is 0.215. The van der Waals surface area contributed by atoms with Crippen LogP contribution in [0.3, 0.4) is 0 Å². The molecule has 112 valence electrons. The summed E-state index contributed by atoms with van der Waals surface area (Å²) in [7, 11) is 0. The summed E-state index contributed by atoms with van der Waals surface area (Å²) < 4.78 is 15.0. The summed E-state index contributed by atoms with van der Waals surface area (Å²) >= 11 is 0. The van der Waals surface area contributed by atoms with E-state index in [1.165, 1.54) is 12.1 Å². The number of nitrogens with one attached hydrogen (secondary N) is 1. The molecular formula is C17H17FN4. The van der Waals surface area contributed by atoms with Crippen LogP contribution in [0.1, 0.15) is 17.0 Å². The van der Waals surface area contributed by atoms with Crippen molar-refractivity contribution in [3.63, 3.8) is 0 Å². The minimum Gasteiger partial charge on any atom is -0.329 e. The van der Waals surface area contributed by atoms with Crippen LogP contribution in [0, 0.1) is 5.82 Å². The van der Waals surface area contributed by atoms with Crippen molar-refractivity contribution in [2.75, 3.05) is 0 Å². The standard InChI is InChI=1S/C17H17FN4/c18-16-5-3-14(4-6-16)13-22-9-8-21-17(22)12-20-11-15-2-1-7-19-10-15/h1-10,20H,11-13H2. The van der Waals surface area contributed by atoms with Crippen molar-refractivity contribution in [3.05, 3.63) is 84.0 Å². The summed E-state index contributed by atoms with van der Waals surface area (Å²) in [4.78, 5) is 8.46. The Bertz CT molecular complexity index is 707. The SMILES string of the molecule is Fc1ccc(Cn2ccnc2CNCc2cccnc2)cc1. The first-order valence-corrected chi connectivity index (χ1v) is 7.15. The van der Waals surface area contributed by atoms with Crippen LogP contribution >= 0.6 is 0 Å². The fourth-order valence-electron chi connectivity index (χ4n) is 2.26. The van der Waals surface area contributed by atoms with E-state index in [1.54, 1.807) is 24.5 Å². The molecule has 1 N–H and O–H groups in total. The fourth-order valence-corrected chi connectivity index (χ4v) is 2.26. The van der Waals surface area contributed by atoms with Gasteiger partial charge in [0.2, 0.25) is 0 Å². The molecule has 0 saturated carbocycles. The Hall–Kier alpha value is -2.53. The molecule has 1 aromatic carbocycles. The Morgan fingerprint density at radius 1 is 1.00 bits per heavy atom. The molecule has 0 saturated heterocycles. The molecule has 4 nitrogen and oxygen atoms in total. The van der Waals surface area contributed by atoms with Gasteiger partial charge in [0, 0.05) is 37.9 Å². The van der Waals surface area contributed by atoms with Crippen LogP contribution in [0.5, 0.6) is 0 Å². The molecule has 0 fully saturated rings. The number of nitrogens with zero attached hydrogens (tertiary/aromatic N) is 3. The predicted molar refractivity (Wildman–Crippen MR) is 82.5 cm³/mol. The lowest BCUT2D eigenvalue weighted by Crippen LogP contribution is -2.17. The Morgan fingerprint density at radius 3 is 2.64 bits per heavy atom. The molecule has 0 amide bonds. The lowest BCUT2D eigenvalue weighted by Gasteiger charge is -2.09. The summed E-state index contributed by atoms with van der Waals surface area (Å²) in [6.07, 6.45) is 7.33. The number of halogens is 1. The zero-order chi connectivity index (χ0) is 15.2. The third-order valence-electron chi connectivity index (χ3n) is 3.40. The van der Waals surface area contributed by atoms with Crippen LogP contribution in [0.4, 0.5) is 4.39 Å². The molecule has 5 heteroatoms. The van der Waals surface area contributed by atoms with Crippen LogP contribution in [0.25, 0.3) is 0 Å². The first kappa shape index (κ1) is 14.4. The Labute approximate surface area is 128 Å². The van der Waals surface area contributed by atoms with Crippen LogP contribution in [0.2, 0.25) is 0 Å². The van der Waals surface area contributed by atoms with E-state index in [-0.39, 0.29) is 5.82 Å². The second-order valence-electron chi connectivity index (χ2n) is 5.06. The van der Waals surface area contributed by atoms with E-state index >= 15 is 0 Å². The summed E-state index contributed by atoms with van der Waals surface area (Å²) in [6.45, 7) is 2.10. The van der Waals surface area contributed by atoms with Crippen LogP contribution < -0.4 is 5.32 Å². The normalized spacial score (nSPS) is 10.8. The van der Waals surface area contributed by atoms with Gasteiger partial charge in [0.1, 0.15) is 11.6 Å². The number of aromatic nitrogens is 3. The molecule has 0 aliphatic carbocycles. The molecule has 0 aliphatic heterocycles. The van der Waals surface area contributed by atoms with Crippen molar-refractivity contribution < 1.29 is 4.39 Å². The van der Waals surface area contributed by atoms with Gasteiger partial charge in [-0.3, -0.25) is 4.98 Å². The monoisotopic (exact) mass is 296 g/mol. The van der Waals surface area contributed by atoms with E-state index in [2.05, 4.69) is 19.9 Å². The van der Waals surface area contributed by atoms with Gasteiger partial charge in [0.15, 0.2) is 0 Å². The molecule has 2 aromatic heterocycles. The van der Waals surface area contributed by atoms with Crippen molar-refractivity contribution in [2.24, 2.45) is 0 Å². The molecule has 0 unspecified atom stereocenters. The van der Waals surface area contributed by atoms with Gasteiger partial charge in [-0.2, -0.15) is 0 Å². The number of pyridine rings is 1. The summed E-state index contributed by atoms with van der Waals surface area (Å²) in [5.41, 5.74) is 2.19. The maximum Gasteiger partial charge on any atom is 0.123 e. The molecular weight excluding hydrogens is 279 g/mol. The van der Waals surface area contributed by atoms with E-state index in [1.807, 2.05) is 24.5 Å². The number of hydrogen-bond donors (Lipinski definition) is 1. The summed E-state index contributed by atoms with van der Waals surface area (Å²) in [6, 6.07) is 10.5. The fraction of sp³-hybridized carbons (Fsp3) is 0.176. The molecule has 22 heavy (non-hydrogen) atoms. The third-order valence-corrected chi connectivity index (χ3v) is 3.40. The smallest absolute Gasteiger partial charge is 0.123 e. The number of hydrogen-bond acceptors (Lipinski definition) is 3. The quantitative estimate of drug-likeness (QED) is 0.760. The number of imidazole rings is 1. The first-order chi connectivity index (χ1) is 10.8. The van der Waals surface area contributed by atoms with E-state index in [0.29, 0.717) is 13.1 Å². The molecule has 0 atom stereocenters. The van der Waals surface area contributed by atoms with Crippen molar-refractivity contribution in [3.8, 4) is 0 Å². The molecule has 2 heterocycles.